The highest BCUT2D eigenvalue weighted by molar-refractivity contribution is 5.90. The molecule has 1 atom stereocenters. The third-order valence-corrected chi connectivity index (χ3v) is 3.06. The number of rotatable bonds is 1. The minimum absolute atomic E-state index is 0.0429. The van der Waals surface area contributed by atoms with Crippen LogP contribution in [0.2, 0.25) is 0 Å². The van der Waals surface area contributed by atoms with Crippen molar-refractivity contribution in [2.45, 2.75) is 31.8 Å². The van der Waals surface area contributed by atoms with Gasteiger partial charge in [-0.3, -0.25) is 4.79 Å². The summed E-state index contributed by atoms with van der Waals surface area (Å²) in [6, 6.07) is 7.67. The van der Waals surface area contributed by atoms with Crippen LogP contribution in [0.15, 0.2) is 24.3 Å². The highest BCUT2D eigenvalue weighted by atomic mass is 16.3. The van der Waals surface area contributed by atoms with Crippen LogP contribution in [0.25, 0.3) is 0 Å². The smallest absolute Gasteiger partial charge is 0.169 e. The first-order valence-corrected chi connectivity index (χ1v) is 5.02. The molecular formula is C12H14O2. The van der Waals surface area contributed by atoms with Crippen LogP contribution < -0.4 is 0 Å². The Morgan fingerprint density at radius 1 is 1.36 bits per heavy atom. The van der Waals surface area contributed by atoms with E-state index < -0.39 is 5.60 Å². The largest absolute Gasteiger partial charge is 0.377 e. The van der Waals surface area contributed by atoms with Crippen LogP contribution in [-0.4, -0.2) is 10.9 Å². The molecule has 0 amide bonds. The number of carbonyl (C=O) groups excluding carboxylic acids is 1. The van der Waals surface area contributed by atoms with Crippen LogP contribution in [0.1, 0.15) is 30.9 Å². The molecule has 2 nitrogen and oxygen atoms in total. The van der Waals surface area contributed by atoms with Crippen molar-refractivity contribution in [3.05, 3.63) is 35.4 Å². The van der Waals surface area contributed by atoms with E-state index in [1.165, 1.54) is 0 Å². The number of fused-ring (bicyclic) bond motifs is 1. The molecule has 1 aromatic carbocycles. The van der Waals surface area contributed by atoms with E-state index in [1.54, 1.807) is 0 Å². The molecule has 1 aliphatic rings. The summed E-state index contributed by atoms with van der Waals surface area (Å²) in [5.41, 5.74) is 0.685. The lowest BCUT2D eigenvalue weighted by molar-refractivity contribution is -0.139. The molecule has 0 heterocycles. The second kappa shape index (κ2) is 3.21. The molecule has 0 aromatic heterocycles. The van der Waals surface area contributed by atoms with Gasteiger partial charge in [-0.05, 0) is 24.0 Å². The highest BCUT2D eigenvalue weighted by Gasteiger charge is 2.39. The molecule has 0 saturated heterocycles. The normalized spacial score (nSPS) is 26.0. The van der Waals surface area contributed by atoms with Gasteiger partial charge in [0.1, 0.15) is 5.60 Å². The van der Waals surface area contributed by atoms with Gasteiger partial charge in [0.15, 0.2) is 5.78 Å². The molecule has 0 radical (unpaired) electrons. The van der Waals surface area contributed by atoms with Gasteiger partial charge in [-0.25, -0.2) is 0 Å². The van der Waals surface area contributed by atoms with Gasteiger partial charge in [-0.2, -0.15) is 0 Å². The fourth-order valence-electron chi connectivity index (χ4n) is 2.13. The molecule has 2 rings (SSSR count). The van der Waals surface area contributed by atoms with Crippen molar-refractivity contribution in [1.29, 1.82) is 0 Å². The van der Waals surface area contributed by atoms with Crippen LogP contribution in [-0.2, 0) is 16.8 Å². The Labute approximate surface area is 83.6 Å². The monoisotopic (exact) mass is 190 g/mol. The van der Waals surface area contributed by atoms with E-state index in [4.69, 9.17) is 0 Å². The molecule has 0 aliphatic heterocycles. The van der Waals surface area contributed by atoms with Gasteiger partial charge in [0.2, 0.25) is 0 Å². The number of aliphatic hydroxyl groups is 1. The van der Waals surface area contributed by atoms with Gasteiger partial charge >= 0.3 is 0 Å². The second-order valence-electron chi connectivity index (χ2n) is 3.79. The quantitative estimate of drug-likeness (QED) is 0.733. The van der Waals surface area contributed by atoms with Crippen molar-refractivity contribution in [1.82, 2.24) is 0 Å². The Morgan fingerprint density at radius 3 is 2.79 bits per heavy atom. The van der Waals surface area contributed by atoms with Crippen LogP contribution in [0.4, 0.5) is 0 Å². The van der Waals surface area contributed by atoms with Crippen molar-refractivity contribution in [2.24, 2.45) is 0 Å². The lowest BCUT2D eigenvalue weighted by atomic mass is 9.77. The predicted octanol–water partition coefficient (Wildman–Crippen LogP) is 1.80. The van der Waals surface area contributed by atoms with E-state index in [-0.39, 0.29) is 5.78 Å². The Morgan fingerprint density at radius 2 is 2.07 bits per heavy atom. The summed E-state index contributed by atoms with van der Waals surface area (Å²) in [6.45, 7) is 1.85. The summed E-state index contributed by atoms with van der Waals surface area (Å²) in [5.74, 6) is -0.0429. The summed E-state index contributed by atoms with van der Waals surface area (Å²) < 4.78 is 0. The lowest BCUT2D eigenvalue weighted by Crippen LogP contribution is -2.39. The molecule has 0 bridgehead atoms. The summed E-state index contributed by atoms with van der Waals surface area (Å²) in [5, 5.41) is 10.3. The van der Waals surface area contributed by atoms with Gasteiger partial charge in [0, 0.05) is 6.42 Å². The highest BCUT2D eigenvalue weighted by Crippen LogP contribution is 2.34. The van der Waals surface area contributed by atoms with E-state index in [0.29, 0.717) is 12.8 Å². The summed E-state index contributed by atoms with van der Waals surface area (Å²) in [7, 11) is 0. The third kappa shape index (κ3) is 1.18. The lowest BCUT2D eigenvalue weighted by Gasteiger charge is -2.31. The molecule has 1 aliphatic carbocycles. The summed E-state index contributed by atoms with van der Waals surface area (Å²) >= 11 is 0. The topological polar surface area (TPSA) is 37.3 Å². The van der Waals surface area contributed by atoms with Crippen molar-refractivity contribution in [3.63, 3.8) is 0 Å². The fourth-order valence-corrected chi connectivity index (χ4v) is 2.13. The van der Waals surface area contributed by atoms with Crippen molar-refractivity contribution >= 4 is 5.78 Å². The van der Waals surface area contributed by atoms with E-state index in [2.05, 4.69) is 0 Å². The predicted molar refractivity (Wildman–Crippen MR) is 54.0 cm³/mol. The molecule has 1 N–H and O–H groups in total. The average Bonchev–Trinajstić information content (AvgIpc) is 2.24. The van der Waals surface area contributed by atoms with Crippen LogP contribution in [0.5, 0.6) is 0 Å². The molecular weight excluding hydrogens is 176 g/mol. The summed E-state index contributed by atoms with van der Waals surface area (Å²) in [6.07, 6.45) is 1.68. The van der Waals surface area contributed by atoms with Crippen LogP contribution in [0, 0.1) is 0 Å². The maximum atomic E-state index is 11.7. The van der Waals surface area contributed by atoms with Crippen LogP contribution >= 0.6 is 0 Å². The number of Topliss-reactive ketones (excluding diaryl/α,β-unsaturated/α-hetero) is 1. The molecule has 14 heavy (non-hydrogen) atoms. The second-order valence-corrected chi connectivity index (χ2v) is 3.79. The number of carbonyl (C=O) groups is 1. The standard InChI is InChI=1S/C12H14O2/c1-2-12(14)10-6-4-3-5-9(10)7-8-11(12)13/h3-6,14H,2,7-8H2,1H3. The summed E-state index contributed by atoms with van der Waals surface area (Å²) in [4.78, 5) is 11.7. The minimum atomic E-state index is -1.23. The number of aryl methyl sites for hydroxylation is 1. The minimum Gasteiger partial charge on any atom is -0.377 e. The molecule has 74 valence electrons. The molecule has 1 aromatic rings. The maximum Gasteiger partial charge on any atom is 0.169 e. The molecule has 0 fully saturated rings. The average molecular weight is 190 g/mol. The zero-order chi connectivity index (χ0) is 10.2. The van der Waals surface area contributed by atoms with Crippen LogP contribution in [0.3, 0.4) is 0 Å². The zero-order valence-electron chi connectivity index (χ0n) is 8.29. The van der Waals surface area contributed by atoms with Gasteiger partial charge in [-0.1, -0.05) is 31.2 Å². The SMILES string of the molecule is CCC1(O)C(=O)CCc2ccccc21. The van der Waals surface area contributed by atoms with Crippen molar-refractivity contribution in [3.8, 4) is 0 Å². The van der Waals surface area contributed by atoms with E-state index >= 15 is 0 Å². The van der Waals surface area contributed by atoms with E-state index in [1.807, 2.05) is 31.2 Å². The fraction of sp³-hybridized carbons (Fsp3) is 0.417. The number of ketones is 1. The van der Waals surface area contributed by atoms with Gasteiger partial charge in [0.05, 0.1) is 0 Å². The van der Waals surface area contributed by atoms with E-state index in [0.717, 1.165) is 17.5 Å². The van der Waals surface area contributed by atoms with E-state index in [9.17, 15) is 9.90 Å². The van der Waals surface area contributed by atoms with Gasteiger partial charge in [-0.15, -0.1) is 0 Å². The molecule has 0 saturated carbocycles. The maximum absolute atomic E-state index is 11.7. The number of benzene rings is 1. The molecule has 1 unspecified atom stereocenters. The number of hydrogen-bond donors (Lipinski definition) is 1. The Kier molecular flexibility index (Phi) is 2.16. The van der Waals surface area contributed by atoms with Gasteiger partial charge < -0.3 is 5.11 Å². The first kappa shape index (κ1) is 9.41. The van der Waals surface area contributed by atoms with Gasteiger partial charge in [0.25, 0.3) is 0 Å². The first-order valence-electron chi connectivity index (χ1n) is 5.02. The Hall–Kier alpha value is -1.15. The third-order valence-electron chi connectivity index (χ3n) is 3.06. The van der Waals surface area contributed by atoms with Crippen molar-refractivity contribution in [2.75, 3.05) is 0 Å². The Balaban J connectivity index is 2.57. The van der Waals surface area contributed by atoms with Crippen molar-refractivity contribution < 1.29 is 9.90 Å². The zero-order valence-corrected chi connectivity index (χ0v) is 8.29. The Bertz CT molecular complexity index is 370. The number of hydrogen-bond acceptors (Lipinski definition) is 2. The molecule has 0 spiro atoms. The first-order chi connectivity index (χ1) is 6.68. The molecule has 2 heteroatoms.